The van der Waals surface area contributed by atoms with Crippen LogP contribution in [0, 0.1) is 17.5 Å². The molecule has 0 radical (unpaired) electrons. The molecule has 0 aliphatic carbocycles. The van der Waals surface area contributed by atoms with E-state index in [1.807, 2.05) is 4.72 Å². The van der Waals surface area contributed by atoms with E-state index in [0.717, 1.165) is 6.07 Å². The van der Waals surface area contributed by atoms with E-state index in [9.17, 15) is 17.2 Å². The van der Waals surface area contributed by atoms with E-state index in [4.69, 9.17) is 10.5 Å². The summed E-state index contributed by atoms with van der Waals surface area (Å²) in [6.45, 7) is 0.890. The van der Waals surface area contributed by atoms with Gasteiger partial charge in [0, 0.05) is 23.5 Å². The van der Waals surface area contributed by atoms with Crippen LogP contribution >= 0.6 is 0 Å². The number of nitrogen functional groups attached to an aromatic ring is 1. The van der Waals surface area contributed by atoms with Gasteiger partial charge in [-0.15, -0.1) is 0 Å². The number of hydrogen-bond acceptors (Lipinski definition) is 6. The van der Waals surface area contributed by atoms with Gasteiger partial charge in [-0.2, -0.15) is 5.10 Å². The molecule has 3 heterocycles. The van der Waals surface area contributed by atoms with Crippen molar-refractivity contribution in [1.82, 2.24) is 14.8 Å². The van der Waals surface area contributed by atoms with Gasteiger partial charge in [-0.25, -0.2) is 26.6 Å². The number of rotatable bonds is 6. The third-order valence-electron chi connectivity index (χ3n) is 5.50. The molecule has 0 atom stereocenters. The molecule has 35 heavy (non-hydrogen) atoms. The Morgan fingerprint density at radius 1 is 1.06 bits per heavy atom. The zero-order valence-corrected chi connectivity index (χ0v) is 18.8. The van der Waals surface area contributed by atoms with Crippen molar-refractivity contribution in [3.8, 4) is 22.4 Å². The molecule has 0 amide bonds. The van der Waals surface area contributed by atoms with E-state index in [1.54, 1.807) is 23.0 Å². The van der Waals surface area contributed by atoms with Crippen LogP contribution in [0.3, 0.4) is 0 Å². The third kappa shape index (κ3) is 4.33. The highest BCUT2D eigenvalue weighted by Crippen LogP contribution is 2.37. The maximum atomic E-state index is 15.7. The Morgan fingerprint density at radius 2 is 1.86 bits per heavy atom. The average molecular weight is 501 g/mol. The Hall–Kier alpha value is -3.90. The van der Waals surface area contributed by atoms with Gasteiger partial charge in [0.1, 0.15) is 28.0 Å². The lowest BCUT2D eigenvalue weighted by atomic mass is 10.0. The fourth-order valence-corrected chi connectivity index (χ4v) is 4.81. The molecule has 3 N–H and O–H groups in total. The standard InChI is InChI=1S/C23H18F3N5O3S/c24-14-4-5-18(25)20(9-14)35(32,33)30-19-3-1-2-16(22(19)26)23-17(13-6-7-28-21(27)8-13)10-31(29-23)15-11-34-12-15/h1-10,15,30H,11-12H2,(H2,27,28). The number of hydrogen-bond donors (Lipinski definition) is 2. The second-order valence-electron chi connectivity index (χ2n) is 7.88. The number of sulfonamides is 1. The van der Waals surface area contributed by atoms with Gasteiger partial charge in [-0.05, 0) is 48.0 Å². The van der Waals surface area contributed by atoms with Crippen LogP contribution < -0.4 is 10.5 Å². The summed E-state index contributed by atoms with van der Waals surface area (Å²) in [5.74, 6) is -2.80. The molecule has 2 aromatic carbocycles. The van der Waals surface area contributed by atoms with Gasteiger partial charge in [-0.1, -0.05) is 6.07 Å². The van der Waals surface area contributed by atoms with E-state index in [2.05, 4.69) is 10.1 Å². The molecule has 0 saturated carbocycles. The summed E-state index contributed by atoms with van der Waals surface area (Å²) in [5.41, 5.74) is 6.78. The number of pyridine rings is 1. The van der Waals surface area contributed by atoms with Gasteiger partial charge in [0.2, 0.25) is 0 Å². The zero-order chi connectivity index (χ0) is 24.7. The van der Waals surface area contributed by atoms with E-state index in [-0.39, 0.29) is 23.1 Å². The molecule has 0 bridgehead atoms. The molecule has 1 aliphatic heterocycles. The summed E-state index contributed by atoms with van der Waals surface area (Å²) >= 11 is 0. The smallest absolute Gasteiger partial charge is 0.265 e. The number of ether oxygens (including phenoxy) is 1. The summed E-state index contributed by atoms with van der Waals surface area (Å²) in [6, 6.07) is 9.29. The molecule has 8 nitrogen and oxygen atoms in total. The second-order valence-corrected chi connectivity index (χ2v) is 9.53. The summed E-state index contributed by atoms with van der Waals surface area (Å²) in [5, 5.41) is 4.54. The Labute approximate surface area is 198 Å². The van der Waals surface area contributed by atoms with Crippen molar-refractivity contribution in [2.45, 2.75) is 10.9 Å². The number of nitrogens with two attached hydrogens (primary N) is 1. The summed E-state index contributed by atoms with van der Waals surface area (Å²) < 4.78 is 77.6. The maximum absolute atomic E-state index is 15.7. The summed E-state index contributed by atoms with van der Waals surface area (Å²) in [6.07, 6.45) is 3.24. The largest absolute Gasteiger partial charge is 0.384 e. The molecule has 180 valence electrons. The van der Waals surface area contributed by atoms with Gasteiger partial charge in [0.15, 0.2) is 5.82 Å². The lowest BCUT2D eigenvalue weighted by molar-refractivity contribution is -0.0285. The van der Waals surface area contributed by atoms with Crippen LogP contribution in [0.25, 0.3) is 22.4 Å². The number of nitrogens with one attached hydrogen (secondary N) is 1. The minimum absolute atomic E-state index is 0.00529. The predicted molar refractivity (Wildman–Crippen MR) is 122 cm³/mol. The first-order valence-electron chi connectivity index (χ1n) is 10.4. The lowest BCUT2D eigenvalue weighted by Gasteiger charge is -2.26. The van der Waals surface area contributed by atoms with Gasteiger partial charge >= 0.3 is 0 Å². The van der Waals surface area contributed by atoms with Crippen molar-refractivity contribution in [2.24, 2.45) is 0 Å². The minimum Gasteiger partial charge on any atom is -0.384 e. The Kier molecular flexibility index (Phi) is 5.69. The van der Waals surface area contributed by atoms with E-state index < -0.39 is 38.1 Å². The van der Waals surface area contributed by atoms with Crippen molar-refractivity contribution in [3.63, 3.8) is 0 Å². The van der Waals surface area contributed by atoms with Gasteiger partial charge in [0.25, 0.3) is 10.0 Å². The van der Waals surface area contributed by atoms with Crippen LogP contribution in [-0.4, -0.2) is 36.4 Å². The molecular formula is C23H18F3N5O3S. The first-order chi connectivity index (χ1) is 16.7. The SMILES string of the molecule is Nc1cc(-c2cn(C3COC3)nc2-c2cccc(NS(=O)(=O)c3cc(F)ccc3F)c2F)ccn1. The second kappa shape index (κ2) is 8.71. The molecule has 1 fully saturated rings. The molecule has 1 aliphatic rings. The van der Waals surface area contributed by atoms with E-state index >= 15 is 4.39 Å². The number of nitrogens with zero attached hydrogens (tertiary/aromatic N) is 3. The molecule has 1 saturated heterocycles. The molecule has 5 rings (SSSR count). The molecule has 0 unspecified atom stereocenters. The van der Waals surface area contributed by atoms with Crippen LogP contribution in [0.5, 0.6) is 0 Å². The van der Waals surface area contributed by atoms with Crippen molar-refractivity contribution in [3.05, 3.63) is 78.4 Å². The molecular weight excluding hydrogens is 483 g/mol. The van der Waals surface area contributed by atoms with E-state index in [0.29, 0.717) is 36.5 Å². The molecule has 4 aromatic rings. The average Bonchev–Trinajstić information content (AvgIpc) is 3.20. The van der Waals surface area contributed by atoms with Crippen molar-refractivity contribution in [1.29, 1.82) is 0 Å². The maximum Gasteiger partial charge on any atom is 0.265 e. The van der Waals surface area contributed by atoms with Crippen molar-refractivity contribution < 1.29 is 26.3 Å². The van der Waals surface area contributed by atoms with Gasteiger partial charge < -0.3 is 10.5 Å². The first-order valence-corrected chi connectivity index (χ1v) is 11.9. The fourth-order valence-electron chi connectivity index (χ4n) is 3.66. The zero-order valence-electron chi connectivity index (χ0n) is 18.0. The van der Waals surface area contributed by atoms with Gasteiger partial charge in [-0.3, -0.25) is 9.40 Å². The van der Waals surface area contributed by atoms with Crippen LogP contribution in [0.4, 0.5) is 24.7 Å². The summed E-state index contributed by atoms with van der Waals surface area (Å²) in [7, 11) is -4.63. The topological polar surface area (TPSA) is 112 Å². The lowest BCUT2D eigenvalue weighted by Crippen LogP contribution is -2.30. The number of aromatic nitrogens is 3. The van der Waals surface area contributed by atoms with Crippen molar-refractivity contribution in [2.75, 3.05) is 23.7 Å². The Bertz CT molecular complexity index is 1540. The van der Waals surface area contributed by atoms with Crippen LogP contribution in [0.2, 0.25) is 0 Å². The highest BCUT2D eigenvalue weighted by atomic mass is 32.2. The number of anilines is 2. The highest BCUT2D eigenvalue weighted by Gasteiger charge is 2.27. The monoisotopic (exact) mass is 501 g/mol. The van der Waals surface area contributed by atoms with Crippen LogP contribution in [-0.2, 0) is 14.8 Å². The van der Waals surface area contributed by atoms with Crippen molar-refractivity contribution >= 4 is 21.5 Å². The van der Waals surface area contributed by atoms with Crippen LogP contribution in [0.1, 0.15) is 6.04 Å². The number of halogens is 3. The third-order valence-corrected chi connectivity index (χ3v) is 6.88. The quantitative estimate of drug-likeness (QED) is 0.413. The number of benzene rings is 2. The molecule has 12 heteroatoms. The highest BCUT2D eigenvalue weighted by molar-refractivity contribution is 7.92. The normalized spacial score (nSPS) is 14.0. The predicted octanol–water partition coefficient (Wildman–Crippen LogP) is 3.98. The fraction of sp³-hybridized carbons (Fsp3) is 0.130. The Balaban J connectivity index is 1.59. The van der Waals surface area contributed by atoms with E-state index in [1.165, 1.54) is 24.4 Å². The molecule has 2 aromatic heterocycles. The summed E-state index contributed by atoms with van der Waals surface area (Å²) in [4.78, 5) is 3.03. The Morgan fingerprint density at radius 3 is 2.57 bits per heavy atom. The molecule has 0 spiro atoms. The minimum atomic E-state index is -4.63. The van der Waals surface area contributed by atoms with Crippen LogP contribution in [0.15, 0.2) is 65.8 Å². The van der Waals surface area contributed by atoms with Gasteiger partial charge in [0.05, 0.1) is 24.9 Å². The first kappa shape index (κ1) is 22.9.